The minimum Gasteiger partial charge on any atom is -0.354 e. The molecule has 0 spiro atoms. The summed E-state index contributed by atoms with van der Waals surface area (Å²) in [5.74, 6) is 1.62. The molecule has 0 saturated carbocycles. The third-order valence-corrected chi connectivity index (χ3v) is 7.02. The SMILES string of the molecule is CCC1CC(C)=C(Nc2cc(N3CCNCC3)nc(-c3ccccc3C(F)(F)F)n2)c2ccccc21. The number of allylic oxidation sites excluding steroid dienone is 1. The van der Waals surface area contributed by atoms with E-state index in [1.807, 2.05) is 12.1 Å². The number of fused-ring (bicyclic) bond motifs is 1. The second-order valence-corrected chi connectivity index (χ2v) is 9.39. The summed E-state index contributed by atoms with van der Waals surface area (Å²) in [7, 11) is 0. The highest BCUT2D eigenvalue weighted by molar-refractivity contribution is 5.82. The summed E-state index contributed by atoms with van der Waals surface area (Å²) in [5, 5.41) is 6.79. The quantitative estimate of drug-likeness (QED) is 0.436. The van der Waals surface area contributed by atoms with Crippen LogP contribution in [0.15, 0.2) is 60.2 Å². The van der Waals surface area contributed by atoms with Gasteiger partial charge in [0.15, 0.2) is 5.82 Å². The van der Waals surface area contributed by atoms with Gasteiger partial charge in [-0.2, -0.15) is 13.2 Å². The van der Waals surface area contributed by atoms with Crippen molar-refractivity contribution >= 4 is 17.3 Å². The Morgan fingerprint density at radius 2 is 1.69 bits per heavy atom. The maximum atomic E-state index is 13.9. The number of alkyl halides is 3. The van der Waals surface area contributed by atoms with Gasteiger partial charge in [-0.3, -0.25) is 0 Å². The molecule has 1 aromatic heterocycles. The maximum absolute atomic E-state index is 13.9. The molecule has 2 aliphatic rings. The van der Waals surface area contributed by atoms with Crippen LogP contribution in [-0.2, 0) is 6.18 Å². The van der Waals surface area contributed by atoms with Gasteiger partial charge in [-0.05, 0) is 42.9 Å². The molecule has 1 unspecified atom stereocenters. The van der Waals surface area contributed by atoms with E-state index in [4.69, 9.17) is 0 Å². The van der Waals surface area contributed by atoms with Gasteiger partial charge in [-0.25, -0.2) is 9.97 Å². The lowest BCUT2D eigenvalue weighted by atomic mass is 9.80. The Morgan fingerprint density at radius 1 is 1.00 bits per heavy atom. The highest BCUT2D eigenvalue weighted by Crippen LogP contribution is 2.41. The molecule has 188 valence electrons. The molecule has 0 bridgehead atoms. The normalized spacial score (nSPS) is 18.2. The average molecular weight is 494 g/mol. The van der Waals surface area contributed by atoms with Crippen molar-refractivity contribution < 1.29 is 13.2 Å². The van der Waals surface area contributed by atoms with E-state index in [-0.39, 0.29) is 11.4 Å². The van der Waals surface area contributed by atoms with Crippen LogP contribution in [-0.4, -0.2) is 36.1 Å². The van der Waals surface area contributed by atoms with E-state index in [1.165, 1.54) is 23.3 Å². The molecule has 1 fully saturated rings. The minimum atomic E-state index is -4.50. The van der Waals surface area contributed by atoms with Gasteiger partial charge < -0.3 is 15.5 Å². The van der Waals surface area contributed by atoms with E-state index >= 15 is 0 Å². The fourth-order valence-corrected chi connectivity index (χ4v) is 5.16. The number of anilines is 2. The number of halogens is 3. The van der Waals surface area contributed by atoms with Crippen molar-refractivity contribution in [2.75, 3.05) is 36.4 Å². The van der Waals surface area contributed by atoms with Crippen molar-refractivity contribution in [3.63, 3.8) is 0 Å². The first-order valence-corrected chi connectivity index (χ1v) is 12.4. The lowest BCUT2D eigenvalue weighted by Crippen LogP contribution is -2.44. The number of nitrogens with zero attached hydrogens (tertiary/aromatic N) is 3. The third kappa shape index (κ3) is 4.82. The molecule has 3 aromatic rings. The van der Waals surface area contributed by atoms with Crippen molar-refractivity contribution in [3.8, 4) is 11.4 Å². The summed E-state index contributed by atoms with van der Waals surface area (Å²) in [5.41, 5.74) is 3.82. The maximum Gasteiger partial charge on any atom is 0.417 e. The van der Waals surface area contributed by atoms with Crippen LogP contribution < -0.4 is 15.5 Å². The summed E-state index contributed by atoms with van der Waals surface area (Å²) < 4.78 is 41.6. The molecule has 2 heterocycles. The molecule has 8 heteroatoms. The first-order chi connectivity index (χ1) is 17.3. The molecule has 0 amide bonds. The second kappa shape index (κ2) is 9.93. The van der Waals surface area contributed by atoms with Gasteiger partial charge in [0.25, 0.3) is 0 Å². The van der Waals surface area contributed by atoms with Crippen molar-refractivity contribution in [3.05, 3.63) is 76.9 Å². The zero-order valence-electron chi connectivity index (χ0n) is 20.5. The molecule has 36 heavy (non-hydrogen) atoms. The first kappa shape index (κ1) is 24.3. The Balaban J connectivity index is 1.61. The van der Waals surface area contributed by atoms with E-state index in [0.717, 1.165) is 56.3 Å². The number of hydrogen-bond acceptors (Lipinski definition) is 5. The standard InChI is InChI=1S/C28H30F3N5/c1-3-19-16-18(2)26(21-9-5-4-8-20(19)21)33-24-17-25(36-14-12-32-13-15-36)35-27(34-24)22-10-6-7-11-23(22)28(29,30)31/h4-11,17,19,32H,3,12-16H2,1-2H3,(H,33,34,35). The zero-order valence-corrected chi connectivity index (χ0v) is 20.5. The molecular weight excluding hydrogens is 463 g/mol. The lowest BCUT2D eigenvalue weighted by Gasteiger charge is -2.30. The van der Waals surface area contributed by atoms with Gasteiger partial charge in [0.05, 0.1) is 5.56 Å². The smallest absolute Gasteiger partial charge is 0.354 e. The number of aromatic nitrogens is 2. The van der Waals surface area contributed by atoms with Crippen molar-refractivity contribution in [2.24, 2.45) is 0 Å². The highest BCUT2D eigenvalue weighted by Gasteiger charge is 2.34. The molecule has 1 saturated heterocycles. The Morgan fingerprint density at radius 3 is 2.42 bits per heavy atom. The Kier molecular flexibility index (Phi) is 6.71. The third-order valence-electron chi connectivity index (χ3n) is 7.02. The average Bonchev–Trinajstić information content (AvgIpc) is 2.90. The largest absolute Gasteiger partial charge is 0.417 e. The highest BCUT2D eigenvalue weighted by atomic mass is 19.4. The molecule has 2 N–H and O–H groups in total. The van der Waals surface area contributed by atoms with Gasteiger partial charge in [0, 0.05) is 49.1 Å². The molecule has 1 aliphatic heterocycles. The number of hydrogen-bond donors (Lipinski definition) is 2. The Hall–Kier alpha value is -3.39. The van der Waals surface area contributed by atoms with Crippen molar-refractivity contribution in [1.29, 1.82) is 0 Å². The van der Waals surface area contributed by atoms with Crippen LogP contribution in [0, 0.1) is 0 Å². The van der Waals surface area contributed by atoms with E-state index < -0.39 is 11.7 Å². The number of piperazine rings is 1. The first-order valence-electron chi connectivity index (χ1n) is 12.4. The van der Waals surface area contributed by atoms with Gasteiger partial charge in [-0.15, -0.1) is 0 Å². The summed E-state index contributed by atoms with van der Waals surface area (Å²) in [6.45, 7) is 7.33. The van der Waals surface area contributed by atoms with Gasteiger partial charge >= 0.3 is 6.18 Å². The van der Waals surface area contributed by atoms with Crippen molar-refractivity contribution in [2.45, 2.75) is 38.8 Å². The molecule has 5 rings (SSSR count). The second-order valence-electron chi connectivity index (χ2n) is 9.39. The van der Waals surface area contributed by atoms with Crippen LogP contribution >= 0.6 is 0 Å². The molecule has 2 aromatic carbocycles. The topological polar surface area (TPSA) is 53.1 Å². The predicted molar refractivity (Wildman–Crippen MR) is 138 cm³/mol. The fraction of sp³-hybridized carbons (Fsp3) is 0.357. The predicted octanol–water partition coefficient (Wildman–Crippen LogP) is 6.31. The Bertz CT molecular complexity index is 1280. The molecular formula is C28H30F3N5. The van der Waals surface area contributed by atoms with Crippen LogP contribution in [0.5, 0.6) is 0 Å². The number of benzene rings is 2. The lowest BCUT2D eigenvalue weighted by molar-refractivity contribution is -0.137. The van der Waals surface area contributed by atoms with Crippen LogP contribution in [0.25, 0.3) is 17.1 Å². The summed E-state index contributed by atoms with van der Waals surface area (Å²) in [4.78, 5) is 11.3. The van der Waals surface area contributed by atoms with E-state index in [2.05, 4.69) is 57.5 Å². The monoisotopic (exact) mass is 493 g/mol. The van der Waals surface area contributed by atoms with Gasteiger partial charge in [0.2, 0.25) is 0 Å². The Labute approximate surface area is 209 Å². The van der Waals surface area contributed by atoms with Crippen LogP contribution in [0.1, 0.15) is 49.3 Å². The number of rotatable bonds is 5. The van der Waals surface area contributed by atoms with E-state index in [1.54, 1.807) is 6.07 Å². The van der Waals surface area contributed by atoms with Crippen LogP contribution in [0.2, 0.25) is 0 Å². The fourth-order valence-electron chi connectivity index (χ4n) is 5.16. The minimum absolute atomic E-state index is 0.0224. The molecule has 0 radical (unpaired) electrons. The van der Waals surface area contributed by atoms with Crippen molar-refractivity contribution in [1.82, 2.24) is 15.3 Å². The molecule has 1 aliphatic carbocycles. The molecule has 1 atom stereocenters. The summed E-state index contributed by atoms with van der Waals surface area (Å²) in [6, 6.07) is 15.7. The summed E-state index contributed by atoms with van der Waals surface area (Å²) in [6.07, 6.45) is -2.54. The van der Waals surface area contributed by atoms with E-state index in [9.17, 15) is 13.2 Å². The van der Waals surface area contributed by atoms with Gasteiger partial charge in [-0.1, -0.05) is 49.4 Å². The molecule has 5 nitrogen and oxygen atoms in total. The van der Waals surface area contributed by atoms with Gasteiger partial charge in [0.1, 0.15) is 11.6 Å². The summed E-state index contributed by atoms with van der Waals surface area (Å²) >= 11 is 0. The number of nitrogens with one attached hydrogen (secondary N) is 2. The van der Waals surface area contributed by atoms with Crippen LogP contribution in [0.4, 0.5) is 24.8 Å². The zero-order chi connectivity index (χ0) is 25.3. The van der Waals surface area contributed by atoms with Crippen LogP contribution in [0.3, 0.4) is 0 Å². The van der Waals surface area contributed by atoms with E-state index in [0.29, 0.717) is 17.6 Å².